The molecule has 1 amide bonds. The molecule has 2 aliphatic rings. The summed E-state index contributed by atoms with van der Waals surface area (Å²) in [5.41, 5.74) is 0.953. The quantitative estimate of drug-likeness (QED) is 0.871. The molecule has 1 saturated heterocycles. The fourth-order valence-corrected chi connectivity index (χ4v) is 2.78. The lowest BCUT2D eigenvalue weighted by molar-refractivity contribution is -0.121. The Labute approximate surface area is 118 Å². The number of benzene rings is 1. The summed E-state index contributed by atoms with van der Waals surface area (Å²) in [6, 6.07) is 6.41. The van der Waals surface area contributed by atoms with Crippen LogP contribution in [-0.4, -0.2) is 31.3 Å². The second-order valence-electron chi connectivity index (χ2n) is 5.51. The first-order chi connectivity index (χ1) is 9.70. The average Bonchev–Trinajstić information content (AvgIpc) is 2.86. The normalized spacial score (nSPS) is 24.4. The molecule has 2 heterocycles. The number of hydrogen-bond acceptors (Lipinski definition) is 4. The largest absolute Gasteiger partial charge is 0.454 e. The first-order valence-corrected chi connectivity index (χ1v) is 7.12. The third-order valence-corrected chi connectivity index (χ3v) is 3.79. The zero-order chi connectivity index (χ0) is 13.9. The Morgan fingerprint density at radius 1 is 1.40 bits per heavy atom. The standard InChI is InChI=1S/C15H20N2O3/c1-10-6-12(4-5-16-10)17-15(18)8-11-2-3-13-14(7-11)20-9-19-13/h2-3,7,10,12,16H,4-6,8-9H2,1H3,(H,17,18). The van der Waals surface area contributed by atoms with Gasteiger partial charge in [0.05, 0.1) is 6.42 Å². The summed E-state index contributed by atoms with van der Waals surface area (Å²) in [7, 11) is 0. The van der Waals surface area contributed by atoms with E-state index in [1.807, 2.05) is 18.2 Å². The number of hydrogen-bond donors (Lipinski definition) is 2. The molecule has 1 fully saturated rings. The SMILES string of the molecule is CC1CC(NC(=O)Cc2ccc3c(c2)OCO3)CCN1. The van der Waals surface area contributed by atoms with Gasteiger partial charge >= 0.3 is 0 Å². The monoisotopic (exact) mass is 276 g/mol. The summed E-state index contributed by atoms with van der Waals surface area (Å²) in [5.74, 6) is 1.55. The lowest BCUT2D eigenvalue weighted by Crippen LogP contribution is -2.46. The second kappa shape index (κ2) is 5.71. The Bertz CT molecular complexity index is 504. The number of rotatable bonds is 3. The molecule has 2 N–H and O–H groups in total. The molecule has 1 aromatic rings. The van der Waals surface area contributed by atoms with Gasteiger partial charge in [0.15, 0.2) is 11.5 Å². The topological polar surface area (TPSA) is 59.6 Å². The van der Waals surface area contributed by atoms with E-state index in [4.69, 9.17) is 9.47 Å². The fourth-order valence-electron chi connectivity index (χ4n) is 2.78. The zero-order valence-corrected chi connectivity index (χ0v) is 11.6. The number of ether oxygens (including phenoxy) is 2. The Kier molecular flexibility index (Phi) is 3.78. The number of nitrogens with one attached hydrogen (secondary N) is 2. The van der Waals surface area contributed by atoms with E-state index in [0.29, 0.717) is 12.5 Å². The molecule has 5 nitrogen and oxygen atoms in total. The van der Waals surface area contributed by atoms with Crippen LogP contribution in [0.4, 0.5) is 0 Å². The van der Waals surface area contributed by atoms with Crippen LogP contribution in [0.15, 0.2) is 18.2 Å². The lowest BCUT2D eigenvalue weighted by Gasteiger charge is -2.28. The van der Waals surface area contributed by atoms with Gasteiger partial charge in [0.25, 0.3) is 0 Å². The maximum atomic E-state index is 12.1. The molecular formula is C15H20N2O3. The first-order valence-electron chi connectivity index (χ1n) is 7.12. The van der Waals surface area contributed by atoms with Gasteiger partial charge in [-0.1, -0.05) is 6.07 Å². The van der Waals surface area contributed by atoms with Crippen molar-refractivity contribution in [1.82, 2.24) is 10.6 Å². The van der Waals surface area contributed by atoms with Crippen LogP contribution in [-0.2, 0) is 11.2 Å². The van der Waals surface area contributed by atoms with Gasteiger partial charge in [-0.3, -0.25) is 4.79 Å². The first kappa shape index (κ1) is 13.2. The summed E-state index contributed by atoms with van der Waals surface area (Å²) >= 11 is 0. The van der Waals surface area contributed by atoms with Crippen molar-refractivity contribution in [3.63, 3.8) is 0 Å². The van der Waals surface area contributed by atoms with Crippen molar-refractivity contribution in [1.29, 1.82) is 0 Å². The number of carbonyl (C=O) groups excluding carboxylic acids is 1. The van der Waals surface area contributed by atoms with Gasteiger partial charge in [0.1, 0.15) is 0 Å². The highest BCUT2D eigenvalue weighted by Gasteiger charge is 2.20. The predicted octanol–water partition coefficient (Wildman–Crippen LogP) is 1.21. The highest BCUT2D eigenvalue weighted by Crippen LogP contribution is 2.32. The molecule has 0 spiro atoms. The fraction of sp³-hybridized carbons (Fsp3) is 0.533. The van der Waals surface area contributed by atoms with Gasteiger partial charge in [-0.25, -0.2) is 0 Å². The van der Waals surface area contributed by atoms with Crippen LogP contribution >= 0.6 is 0 Å². The molecule has 20 heavy (non-hydrogen) atoms. The van der Waals surface area contributed by atoms with Gasteiger partial charge < -0.3 is 20.1 Å². The van der Waals surface area contributed by atoms with Crippen molar-refractivity contribution >= 4 is 5.91 Å². The van der Waals surface area contributed by atoms with Gasteiger partial charge in [0, 0.05) is 12.1 Å². The average molecular weight is 276 g/mol. The van der Waals surface area contributed by atoms with Crippen molar-refractivity contribution in [2.45, 2.75) is 38.3 Å². The van der Waals surface area contributed by atoms with Crippen molar-refractivity contribution in [3.05, 3.63) is 23.8 Å². The Morgan fingerprint density at radius 2 is 2.25 bits per heavy atom. The van der Waals surface area contributed by atoms with E-state index < -0.39 is 0 Å². The van der Waals surface area contributed by atoms with Crippen LogP contribution in [0.3, 0.4) is 0 Å². The minimum absolute atomic E-state index is 0.0722. The molecule has 5 heteroatoms. The molecule has 2 unspecified atom stereocenters. The van der Waals surface area contributed by atoms with Crippen molar-refractivity contribution in [3.8, 4) is 11.5 Å². The number of fused-ring (bicyclic) bond motifs is 1. The zero-order valence-electron chi connectivity index (χ0n) is 11.6. The molecule has 2 aliphatic heterocycles. The minimum Gasteiger partial charge on any atom is -0.454 e. The molecule has 0 aromatic heterocycles. The summed E-state index contributed by atoms with van der Waals surface area (Å²) < 4.78 is 10.6. The highest BCUT2D eigenvalue weighted by molar-refractivity contribution is 5.79. The molecule has 0 aliphatic carbocycles. The summed E-state index contributed by atoms with van der Waals surface area (Å²) in [6.45, 7) is 3.38. The Balaban J connectivity index is 1.56. The Hall–Kier alpha value is -1.75. The minimum atomic E-state index is 0.0722. The van der Waals surface area contributed by atoms with Crippen LogP contribution in [0.5, 0.6) is 11.5 Å². The van der Waals surface area contributed by atoms with Crippen LogP contribution in [0.2, 0.25) is 0 Å². The predicted molar refractivity (Wildman–Crippen MR) is 74.9 cm³/mol. The summed E-state index contributed by atoms with van der Waals surface area (Å²) in [6.07, 6.45) is 2.37. The highest BCUT2D eigenvalue weighted by atomic mass is 16.7. The maximum Gasteiger partial charge on any atom is 0.231 e. The number of amides is 1. The van der Waals surface area contributed by atoms with Crippen LogP contribution in [0.25, 0.3) is 0 Å². The molecule has 2 atom stereocenters. The maximum absolute atomic E-state index is 12.1. The third-order valence-electron chi connectivity index (χ3n) is 3.79. The molecule has 0 bridgehead atoms. The van der Waals surface area contributed by atoms with E-state index in [0.717, 1.165) is 36.4 Å². The van der Waals surface area contributed by atoms with Crippen molar-refractivity contribution < 1.29 is 14.3 Å². The number of carbonyl (C=O) groups is 1. The van der Waals surface area contributed by atoms with Gasteiger partial charge in [0.2, 0.25) is 12.7 Å². The van der Waals surface area contributed by atoms with E-state index in [9.17, 15) is 4.79 Å². The molecule has 0 radical (unpaired) electrons. The van der Waals surface area contributed by atoms with E-state index in [1.54, 1.807) is 0 Å². The summed E-state index contributed by atoms with van der Waals surface area (Å²) in [5, 5.41) is 6.50. The molecule has 1 aromatic carbocycles. The second-order valence-corrected chi connectivity index (χ2v) is 5.51. The molecule has 108 valence electrons. The molecule has 3 rings (SSSR count). The van der Waals surface area contributed by atoms with Gasteiger partial charge in [-0.05, 0) is 44.0 Å². The molecule has 0 saturated carbocycles. The van der Waals surface area contributed by atoms with Crippen molar-refractivity contribution in [2.75, 3.05) is 13.3 Å². The smallest absolute Gasteiger partial charge is 0.231 e. The Morgan fingerprint density at radius 3 is 3.10 bits per heavy atom. The van der Waals surface area contributed by atoms with Crippen LogP contribution in [0, 0.1) is 0 Å². The van der Waals surface area contributed by atoms with E-state index in [-0.39, 0.29) is 18.7 Å². The number of piperidine rings is 1. The summed E-state index contributed by atoms with van der Waals surface area (Å²) in [4.78, 5) is 12.1. The van der Waals surface area contributed by atoms with E-state index in [2.05, 4.69) is 17.6 Å². The van der Waals surface area contributed by atoms with Crippen molar-refractivity contribution in [2.24, 2.45) is 0 Å². The third kappa shape index (κ3) is 3.04. The molecular weight excluding hydrogens is 256 g/mol. The van der Waals surface area contributed by atoms with E-state index >= 15 is 0 Å². The van der Waals surface area contributed by atoms with Gasteiger partial charge in [-0.15, -0.1) is 0 Å². The lowest BCUT2D eigenvalue weighted by atomic mass is 10.0. The van der Waals surface area contributed by atoms with Crippen LogP contribution in [0.1, 0.15) is 25.3 Å². The van der Waals surface area contributed by atoms with Gasteiger partial charge in [-0.2, -0.15) is 0 Å². The van der Waals surface area contributed by atoms with Crippen LogP contribution < -0.4 is 20.1 Å². The van der Waals surface area contributed by atoms with E-state index in [1.165, 1.54) is 0 Å².